The maximum Gasteiger partial charge on any atom is 0.266 e. The molecule has 1 rings (SSSR count). The van der Waals surface area contributed by atoms with E-state index >= 15 is 0 Å². The largest absolute Gasteiger partial charge is 0.287 e. The Labute approximate surface area is 76.5 Å². The molecule has 0 spiro atoms. The van der Waals surface area contributed by atoms with E-state index in [1.54, 1.807) is 0 Å². The van der Waals surface area contributed by atoms with Crippen molar-refractivity contribution in [3.63, 3.8) is 0 Å². The first kappa shape index (κ1) is 10.2. The molecule has 0 unspecified atom stereocenters. The molecule has 1 aromatic heterocycles. The number of halogens is 2. The maximum absolute atomic E-state index is 12.7. The molecule has 1 aromatic rings. The summed E-state index contributed by atoms with van der Waals surface area (Å²) in [5.74, 6) is -3.24. The van der Waals surface area contributed by atoms with Gasteiger partial charge in [-0.2, -0.15) is 4.39 Å². The third-order valence-electron chi connectivity index (χ3n) is 1.38. The monoisotopic (exact) mass is 202 g/mol. The SMILES string of the molecule is O=C(C[N+](=O)[O-])c1cc(F)cnc1F. The number of carbonyl (C=O) groups excluding carboxylic acids is 1. The molecule has 0 saturated carbocycles. The fraction of sp³-hybridized carbons (Fsp3) is 0.143. The molecule has 0 N–H and O–H groups in total. The number of nitrogens with zero attached hydrogens (tertiary/aromatic N) is 2. The van der Waals surface area contributed by atoms with Gasteiger partial charge in [0.25, 0.3) is 6.54 Å². The second-order valence-electron chi connectivity index (χ2n) is 2.41. The lowest BCUT2D eigenvalue weighted by Crippen LogP contribution is -2.16. The molecule has 0 amide bonds. The van der Waals surface area contributed by atoms with Crippen molar-refractivity contribution in [3.05, 3.63) is 39.7 Å². The van der Waals surface area contributed by atoms with Gasteiger partial charge in [-0.25, -0.2) is 9.37 Å². The van der Waals surface area contributed by atoms with E-state index in [-0.39, 0.29) is 0 Å². The Kier molecular flexibility index (Phi) is 2.80. The van der Waals surface area contributed by atoms with Crippen molar-refractivity contribution in [2.75, 3.05) is 6.54 Å². The number of Topliss-reactive ketones (excluding diaryl/α,β-unsaturated/α-hetero) is 1. The average Bonchev–Trinajstić information content (AvgIpc) is 2.08. The van der Waals surface area contributed by atoms with Crippen LogP contribution in [-0.4, -0.2) is 22.2 Å². The van der Waals surface area contributed by atoms with Gasteiger partial charge in [-0.15, -0.1) is 0 Å². The van der Waals surface area contributed by atoms with Crippen molar-refractivity contribution < 1.29 is 18.5 Å². The van der Waals surface area contributed by atoms with Crippen LogP contribution in [0.2, 0.25) is 0 Å². The first-order valence-corrected chi connectivity index (χ1v) is 3.46. The van der Waals surface area contributed by atoms with Gasteiger partial charge in [0.05, 0.1) is 11.8 Å². The molecule has 1 heterocycles. The molecule has 0 aromatic carbocycles. The molecule has 0 aliphatic carbocycles. The maximum atomic E-state index is 12.7. The highest BCUT2D eigenvalue weighted by atomic mass is 19.1. The predicted molar refractivity (Wildman–Crippen MR) is 40.3 cm³/mol. The summed E-state index contributed by atoms with van der Waals surface area (Å²) in [6.07, 6.45) is 0.582. The van der Waals surface area contributed by atoms with Crippen molar-refractivity contribution in [3.8, 4) is 0 Å². The number of pyridine rings is 1. The summed E-state index contributed by atoms with van der Waals surface area (Å²) in [6, 6.07) is 0.578. The molecule has 7 heteroatoms. The summed E-state index contributed by atoms with van der Waals surface area (Å²) in [4.78, 5) is 22.9. The van der Waals surface area contributed by atoms with E-state index in [1.165, 1.54) is 0 Å². The van der Waals surface area contributed by atoms with Crippen LogP contribution in [0.5, 0.6) is 0 Å². The lowest BCUT2D eigenvalue weighted by atomic mass is 10.2. The molecular weight excluding hydrogens is 198 g/mol. The lowest BCUT2D eigenvalue weighted by Gasteiger charge is -1.97. The van der Waals surface area contributed by atoms with Crippen LogP contribution in [0, 0.1) is 21.9 Å². The van der Waals surface area contributed by atoms with E-state index in [1.807, 2.05) is 0 Å². The van der Waals surface area contributed by atoms with E-state index in [4.69, 9.17) is 0 Å². The molecule has 0 bridgehead atoms. The van der Waals surface area contributed by atoms with Crippen LogP contribution >= 0.6 is 0 Å². The van der Waals surface area contributed by atoms with Gasteiger partial charge < -0.3 is 0 Å². The molecule has 74 valence electrons. The van der Waals surface area contributed by atoms with Gasteiger partial charge >= 0.3 is 0 Å². The fourth-order valence-electron chi connectivity index (χ4n) is 0.821. The van der Waals surface area contributed by atoms with Crippen molar-refractivity contribution >= 4 is 5.78 Å². The highest BCUT2D eigenvalue weighted by Crippen LogP contribution is 2.07. The van der Waals surface area contributed by atoms with Crippen LogP contribution in [0.1, 0.15) is 10.4 Å². The van der Waals surface area contributed by atoms with Crippen LogP contribution in [0.25, 0.3) is 0 Å². The molecule has 5 nitrogen and oxygen atoms in total. The minimum atomic E-state index is -1.21. The second kappa shape index (κ2) is 3.86. The van der Waals surface area contributed by atoms with E-state index in [0.717, 1.165) is 0 Å². The number of nitro groups is 1. The van der Waals surface area contributed by atoms with Crippen molar-refractivity contribution in [1.82, 2.24) is 4.98 Å². The number of carbonyl (C=O) groups is 1. The van der Waals surface area contributed by atoms with E-state index < -0.39 is 34.6 Å². The summed E-state index contributed by atoms with van der Waals surface area (Å²) in [6.45, 7) is -1.08. The lowest BCUT2D eigenvalue weighted by molar-refractivity contribution is -0.465. The number of rotatable bonds is 3. The van der Waals surface area contributed by atoms with Crippen LogP contribution in [0.3, 0.4) is 0 Å². The first-order valence-electron chi connectivity index (χ1n) is 3.46. The standard InChI is InChI=1S/C7H4F2N2O3/c8-4-1-5(7(9)10-2-4)6(12)3-11(13)14/h1-2H,3H2. The zero-order valence-electron chi connectivity index (χ0n) is 6.74. The zero-order chi connectivity index (χ0) is 10.7. The van der Waals surface area contributed by atoms with Gasteiger partial charge in [-0.3, -0.25) is 14.9 Å². The van der Waals surface area contributed by atoms with Gasteiger partial charge in [0.2, 0.25) is 11.7 Å². The Hall–Kier alpha value is -1.92. The molecule has 0 saturated heterocycles. The number of ketones is 1. The molecular formula is C7H4F2N2O3. The quantitative estimate of drug-likeness (QED) is 0.315. The Morgan fingerprint density at radius 1 is 1.57 bits per heavy atom. The Morgan fingerprint density at radius 2 is 2.21 bits per heavy atom. The van der Waals surface area contributed by atoms with Gasteiger partial charge in [0.15, 0.2) is 0 Å². The molecule has 0 aliphatic rings. The number of hydrogen-bond acceptors (Lipinski definition) is 4. The average molecular weight is 202 g/mol. The summed E-state index contributed by atoms with van der Waals surface area (Å²) < 4.78 is 25.2. The highest BCUT2D eigenvalue weighted by Gasteiger charge is 2.18. The van der Waals surface area contributed by atoms with Crippen molar-refractivity contribution in [2.24, 2.45) is 0 Å². The topological polar surface area (TPSA) is 73.1 Å². The molecule has 0 fully saturated rings. The van der Waals surface area contributed by atoms with Crippen molar-refractivity contribution in [1.29, 1.82) is 0 Å². The van der Waals surface area contributed by atoms with Crippen LogP contribution in [-0.2, 0) is 0 Å². The van der Waals surface area contributed by atoms with E-state index in [9.17, 15) is 23.7 Å². The summed E-state index contributed by atoms with van der Waals surface area (Å²) in [7, 11) is 0. The minimum absolute atomic E-state index is 0.578. The molecule has 0 radical (unpaired) electrons. The van der Waals surface area contributed by atoms with Gasteiger partial charge in [0.1, 0.15) is 5.82 Å². The van der Waals surface area contributed by atoms with Gasteiger partial charge in [-0.05, 0) is 6.07 Å². The molecule has 0 atom stereocenters. The molecule has 14 heavy (non-hydrogen) atoms. The van der Waals surface area contributed by atoms with E-state index in [0.29, 0.717) is 12.3 Å². The van der Waals surface area contributed by atoms with Crippen molar-refractivity contribution in [2.45, 2.75) is 0 Å². The van der Waals surface area contributed by atoms with Gasteiger partial charge in [0, 0.05) is 4.92 Å². The van der Waals surface area contributed by atoms with Gasteiger partial charge in [-0.1, -0.05) is 0 Å². The number of hydrogen-bond donors (Lipinski definition) is 0. The number of aromatic nitrogens is 1. The Bertz CT molecular complexity index is 395. The summed E-state index contributed by atoms with van der Waals surface area (Å²) >= 11 is 0. The third-order valence-corrected chi connectivity index (χ3v) is 1.38. The second-order valence-corrected chi connectivity index (χ2v) is 2.41. The summed E-state index contributed by atoms with van der Waals surface area (Å²) in [5.41, 5.74) is -0.707. The zero-order valence-corrected chi connectivity index (χ0v) is 6.74. The predicted octanol–water partition coefficient (Wildman–Crippen LogP) is 0.819. The Balaban J connectivity index is 3.00. The minimum Gasteiger partial charge on any atom is -0.287 e. The van der Waals surface area contributed by atoms with E-state index in [2.05, 4.69) is 4.98 Å². The Morgan fingerprint density at radius 3 is 2.79 bits per heavy atom. The first-order chi connectivity index (χ1) is 6.50. The summed E-state index contributed by atoms with van der Waals surface area (Å²) in [5, 5.41) is 9.93. The smallest absolute Gasteiger partial charge is 0.266 e. The fourth-order valence-corrected chi connectivity index (χ4v) is 0.821. The van der Waals surface area contributed by atoms with Crippen LogP contribution < -0.4 is 0 Å². The van der Waals surface area contributed by atoms with Crippen LogP contribution in [0.15, 0.2) is 12.3 Å². The normalized spacial score (nSPS) is 9.86. The molecule has 0 aliphatic heterocycles. The van der Waals surface area contributed by atoms with Crippen LogP contribution in [0.4, 0.5) is 8.78 Å². The third kappa shape index (κ3) is 2.28. The highest BCUT2D eigenvalue weighted by molar-refractivity contribution is 5.96.